The van der Waals surface area contributed by atoms with Crippen LogP contribution in [0.1, 0.15) is 219 Å². The van der Waals surface area contributed by atoms with E-state index in [2.05, 4.69) is 38.2 Å². The Morgan fingerprint density at radius 2 is 0.877 bits per heavy atom. The topological polar surface area (TPSA) is 99.1 Å². The summed E-state index contributed by atoms with van der Waals surface area (Å²) >= 11 is 0. The molecule has 0 aliphatic heterocycles. The maximum Gasteiger partial charge on any atom is 0.362 e. The third-order valence-electron chi connectivity index (χ3n) is 10.8. The van der Waals surface area contributed by atoms with Crippen LogP contribution in [-0.2, 0) is 28.6 Å². The van der Waals surface area contributed by atoms with Crippen molar-refractivity contribution >= 4 is 17.9 Å². The molecule has 0 aromatic heterocycles. The number of hydrogen-bond acceptors (Lipinski definition) is 6. The molecule has 334 valence electrons. The molecule has 0 fully saturated rings. The second-order valence-corrected chi connectivity index (χ2v) is 17.4. The molecular formula is C49H92NO7+. The molecular weight excluding hydrogens is 715 g/mol. The van der Waals surface area contributed by atoms with Crippen LogP contribution in [0.25, 0.3) is 0 Å². The summed E-state index contributed by atoms with van der Waals surface area (Å²) in [4.78, 5) is 37.0. The minimum absolute atomic E-state index is 0.0575. The molecule has 0 aromatic carbocycles. The van der Waals surface area contributed by atoms with Crippen LogP contribution in [0.5, 0.6) is 0 Å². The highest BCUT2D eigenvalue weighted by atomic mass is 16.6. The van der Waals surface area contributed by atoms with Gasteiger partial charge < -0.3 is 23.8 Å². The maximum atomic E-state index is 12.8. The number of carboxylic acids is 1. The molecule has 0 aliphatic rings. The fraction of sp³-hybridized carbons (Fsp3) is 0.857. The molecule has 2 unspecified atom stereocenters. The molecule has 1 N–H and O–H groups in total. The van der Waals surface area contributed by atoms with Crippen LogP contribution in [0.3, 0.4) is 0 Å². The number of carbonyl (C=O) groups excluding carboxylic acids is 2. The maximum absolute atomic E-state index is 12.8. The van der Waals surface area contributed by atoms with Gasteiger partial charge in [0.25, 0.3) is 0 Å². The van der Waals surface area contributed by atoms with E-state index in [0.29, 0.717) is 19.3 Å². The van der Waals surface area contributed by atoms with Gasteiger partial charge in [-0.3, -0.25) is 9.59 Å². The molecule has 0 rings (SSSR count). The minimum atomic E-state index is -0.876. The molecule has 0 aliphatic carbocycles. The van der Waals surface area contributed by atoms with Crippen molar-refractivity contribution in [1.29, 1.82) is 0 Å². The van der Waals surface area contributed by atoms with Crippen molar-refractivity contribution < 1.29 is 38.2 Å². The summed E-state index contributed by atoms with van der Waals surface area (Å²) < 4.78 is 17.3. The predicted octanol–water partition coefficient (Wildman–Crippen LogP) is 13.3. The molecule has 2 atom stereocenters. The molecule has 8 heteroatoms. The van der Waals surface area contributed by atoms with Gasteiger partial charge in [0, 0.05) is 19.3 Å². The van der Waals surface area contributed by atoms with Crippen molar-refractivity contribution in [3.8, 4) is 0 Å². The summed E-state index contributed by atoms with van der Waals surface area (Å²) in [6.07, 6.45) is 45.1. The lowest BCUT2D eigenvalue weighted by molar-refractivity contribution is -0.887. The first kappa shape index (κ1) is 54.8. The van der Waals surface area contributed by atoms with Crippen LogP contribution in [0.2, 0.25) is 0 Å². The number of allylic oxidation sites excluding steroid dienone is 4. The molecule has 0 radical (unpaired) electrons. The zero-order valence-electron chi connectivity index (χ0n) is 38.1. The second-order valence-electron chi connectivity index (χ2n) is 17.4. The van der Waals surface area contributed by atoms with Crippen molar-refractivity contribution in [1.82, 2.24) is 0 Å². The number of aliphatic carboxylic acids is 1. The number of likely N-dealkylation sites (N-methyl/N-ethyl adjacent to an activating group) is 1. The summed E-state index contributed by atoms with van der Waals surface area (Å²) in [5, 5.41) is 9.63. The lowest BCUT2D eigenvalue weighted by Gasteiger charge is -2.31. The van der Waals surface area contributed by atoms with Gasteiger partial charge in [0.2, 0.25) is 0 Å². The number of unbranched alkanes of at least 4 members (excludes halogenated alkanes) is 25. The second kappa shape index (κ2) is 40.6. The van der Waals surface area contributed by atoms with Crippen molar-refractivity contribution in [2.45, 2.75) is 231 Å². The largest absolute Gasteiger partial charge is 0.477 e. The van der Waals surface area contributed by atoms with Gasteiger partial charge in [-0.15, -0.1) is 0 Å². The number of hydrogen-bond donors (Lipinski definition) is 1. The Hall–Kier alpha value is -2.19. The van der Waals surface area contributed by atoms with Gasteiger partial charge in [0.1, 0.15) is 6.61 Å². The summed E-state index contributed by atoms with van der Waals surface area (Å²) in [7, 11) is 5.53. The van der Waals surface area contributed by atoms with Gasteiger partial charge in [0.05, 0.1) is 34.4 Å². The Kier molecular flexibility index (Phi) is 39.0. The monoisotopic (exact) mass is 807 g/mol. The van der Waals surface area contributed by atoms with Crippen molar-refractivity contribution in [3.05, 3.63) is 24.3 Å². The first-order chi connectivity index (χ1) is 27.6. The van der Waals surface area contributed by atoms with Crippen molar-refractivity contribution in [2.24, 2.45) is 0 Å². The molecule has 0 saturated carbocycles. The molecule has 57 heavy (non-hydrogen) atoms. The number of carbonyl (C=O) groups is 3. The van der Waals surface area contributed by atoms with Gasteiger partial charge in [-0.25, -0.2) is 4.79 Å². The van der Waals surface area contributed by atoms with Crippen LogP contribution in [-0.4, -0.2) is 80.6 Å². The van der Waals surface area contributed by atoms with Crippen LogP contribution < -0.4 is 0 Å². The smallest absolute Gasteiger partial charge is 0.362 e. The molecule has 0 saturated heterocycles. The Labute approximate surface area is 351 Å². The molecule has 0 bridgehead atoms. The zero-order chi connectivity index (χ0) is 42.1. The fourth-order valence-corrected chi connectivity index (χ4v) is 7.08. The van der Waals surface area contributed by atoms with E-state index in [1.54, 1.807) is 0 Å². The number of ether oxygens (including phenoxy) is 3. The standard InChI is InChI=1S/C49H91NO7/c1-6-8-10-12-14-16-18-20-22-23-24-25-26-28-30-32-34-36-38-40-48(52)57-45(43-55-42-41-46(49(53)54)50(3,4)5)44-56-47(51)39-37-35-33-31-29-27-21-19-17-15-13-11-9-7-2/h23-24,27,29,45-46H,6-22,25-26,28,30-44H2,1-5H3/p+1/b24-23+,29-27+. The first-order valence-corrected chi connectivity index (χ1v) is 23.9. The van der Waals surface area contributed by atoms with E-state index in [4.69, 9.17) is 14.2 Å². The summed E-state index contributed by atoms with van der Waals surface area (Å²) in [5.41, 5.74) is 0. The molecule has 0 spiro atoms. The van der Waals surface area contributed by atoms with Crippen LogP contribution in [0.4, 0.5) is 0 Å². The lowest BCUT2D eigenvalue weighted by Crippen LogP contribution is -2.50. The first-order valence-electron chi connectivity index (χ1n) is 23.9. The van der Waals surface area contributed by atoms with Crippen LogP contribution in [0.15, 0.2) is 24.3 Å². The Balaban J connectivity index is 4.30. The highest BCUT2D eigenvalue weighted by molar-refractivity contribution is 5.72. The summed E-state index contributed by atoms with van der Waals surface area (Å²) in [6.45, 7) is 4.73. The van der Waals surface area contributed by atoms with E-state index in [1.807, 2.05) is 21.1 Å². The van der Waals surface area contributed by atoms with Gasteiger partial charge in [-0.05, 0) is 64.2 Å². The van der Waals surface area contributed by atoms with E-state index in [9.17, 15) is 19.5 Å². The summed E-state index contributed by atoms with van der Waals surface area (Å²) in [6, 6.07) is -0.615. The van der Waals surface area contributed by atoms with Gasteiger partial charge in [-0.1, -0.05) is 160 Å². The Morgan fingerprint density at radius 3 is 1.28 bits per heavy atom. The molecule has 0 amide bonds. The SMILES string of the molecule is CCCCCCCCC/C=C/CCCCCC(=O)OCC(COCCC(C(=O)O)[N+](C)(C)C)OC(=O)CCCCCCCCC/C=C/CCCCCCCCCC. The lowest BCUT2D eigenvalue weighted by atomic mass is 10.1. The number of quaternary nitrogens is 1. The molecule has 0 heterocycles. The number of rotatable bonds is 43. The number of carboxylic acid groups (broad SMARTS) is 1. The van der Waals surface area contributed by atoms with Crippen LogP contribution in [0, 0.1) is 0 Å². The predicted molar refractivity (Wildman–Crippen MR) is 238 cm³/mol. The third kappa shape index (κ3) is 39.1. The van der Waals surface area contributed by atoms with Gasteiger partial charge in [-0.2, -0.15) is 0 Å². The van der Waals surface area contributed by atoms with E-state index in [-0.39, 0.29) is 36.2 Å². The summed E-state index contributed by atoms with van der Waals surface area (Å²) in [5.74, 6) is -1.48. The Morgan fingerprint density at radius 1 is 0.509 bits per heavy atom. The van der Waals surface area contributed by atoms with Crippen LogP contribution >= 0.6 is 0 Å². The fourth-order valence-electron chi connectivity index (χ4n) is 7.08. The zero-order valence-corrected chi connectivity index (χ0v) is 38.1. The molecule has 0 aromatic rings. The van der Waals surface area contributed by atoms with E-state index in [0.717, 1.165) is 51.4 Å². The quantitative estimate of drug-likeness (QED) is 0.0283. The van der Waals surface area contributed by atoms with Gasteiger partial charge in [0.15, 0.2) is 12.1 Å². The highest BCUT2D eigenvalue weighted by Crippen LogP contribution is 2.15. The van der Waals surface area contributed by atoms with Gasteiger partial charge >= 0.3 is 17.9 Å². The highest BCUT2D eigenvalue weighted by Gasteiger charge is 2.31. The van der Waals surface area contributed by atoms with Crippen molar-refractivity contribution in [3.63, 3.8) is 0 Å². The van der Waals surface area contributed by atoms with E-state index >= 15 is 0 Å². The van der Waals surface area contributed by atoms with Crippen molar-refractivity contribution in [2.75, 3.05) is 41.0 Å². The Bertz CT molecular complexity index is 989. The molecule has 8 nitrogen and oxygen atoms in total. The number of nitrogens with zero attached hydrogens (tertiary/aromatic N) is 1. The minimum Gasteiger partial charge on any atom is -0.477 e. The average molecular weight is 807 g/mol. The van der Waals surface area contributed by atoms with E-state index in [1.165, 1.54) is 135 Å². The van der Waals surface area contributed by atoms with E-state index < -0.39 is 18.1 Å². The normalized spacial score (nSPS) is 13.1. The average Bonchev–Trinajstić information content (AvgIpc) is 3.17. The third-order valence-corrected chi connectivity index (χ3v) is 10.8. The number of esters is 2.